The molecular weight excluding hydrogens is 243 g/mol. The molecule has 1 fully saturated rings. The minimum Gasteiger partial charge on any atom is -0.338 e. The summed E-state index contributed by atoms with van der Waals surface area (Å²) >= 11 is 0. The van der Waals surface area contributed by atoms with Gasteiger partial charge in [0.15, 0.2) is 0 Å². The number of carbonyl (C=O) groups is 1. The van der Waals surface area contributed by atoms with E-state index in [1.807, 2.05) is 13.8 Å². The first kappa shape index (κ1) is 14.0. The summed E-state index contributed by atoms with van der Waals surface area (Å²) in [7, 11) is 0. The molecule has 1 aromatic rings. The van der Waals surface area contributed by atoms with Gasteiger partial charge in [-0.15, -0.1) is 0 Å². The van der Waals surface area contributed by atoms with Gasteiger partial charge in [0.05, 0.1) is 5.56 Å². The lowest BCUT2D eigenvalue weighted by molar-refractivity contribution is 0.0528. The first-order valence-corrected chi connectivity index (χ1v) is 6.62. The molecule has 1 unspecified atom stereocenters. The van der Waals surface area contributed by atoms with E-state index in [0.717, 1.165) is 12.0 Å². The second-order valence-corrected chi connectivity index (χ2v) is 6.09. The van der Waals surface area contributed by atoms with Crippen molar-refractivity contribution in [3.8, 4) is 0 Å². The SMILES string of the molecule is Cc1ccc(C(=O)N2CCC(N)C(C)(C)C2)c(F)c1. The van der Waals surface area contributed by atoms with E-state index in [2.05, 4.69) is 0 Å². The number of likely N-dealkylation sites (tertiary alicyclic amines) is 1. The highest BCUT2D eigenvalue weighted by atomic mass is 19.1. The standard InChI is InChI=1S/C15H21FN2O/c1-10-4-5-11(12(16)8-10)14(19)18-7-6-13(17)15(2,3)9-18/h4-5,8,13H,6-7,9,17H2,1-3H3. The van der Waals surface area contributed by atoms with Gasteiger partial charge in [-0.1, -0.05) is 19.9 Å². The van der Waals surface area contributed by atoms with E-state index in [0.29, 0.717) is 13.1 Å². The summed E-state index contributed by atoms with van der Waals surface area (Å²) in [5.41, 5.74) is 6.89. The Labute approximate surface area is 113 Å². The maximum atomic E-state index is 13.9. The highest BCUT2D eigenvalue weighted by Crippen LogP contribution is 2.28. The van der Waals surface area contributed by atoms with Crippen LogP contribution in [-0.4, -0.2) is 29.9 Å². The van der Waals surface area contributed by atoms with Gasteiger partial charge >= 0.3 is 0 Å². The lowest BCUT2D eigenvalue weighted by Gasteiger charge is -2.42. The lowest BCUT2D eigenvalue weighted by atomic mass is 9.79. The fraction of sp³-hybridized carbons (Fsp3) is 0.533. The van der Waals surface area contributed by atoms with Gasteiger partial charge in [0.1, 0.15) is 5.82 Å². The van der Waals surface area contributed by atoms with Gasteiger partial charge in [0.2, 0.25) is 0 Å². The van der Waals surface area contributed by atoms with Gasteiger partial charge in [-0.05, 0) is 36.5 Å². The number of amides is 1. The maximum Gasteiger partial charge on any atom is 0.256 e. The number of hydrogen-bond donors (Lipinski definition) is 1. The van der Waals surface area contributed by atoms with Crippen LogP contribution in [0.3, 0.4) is 0 Å². The van der Waals surface area contributed by atoms with Crippen molar-refractivity contribution in [2.45, 2.75) is 33.2 Å². The van der Waals surface area contributed by atoms with Gasteiger partial charge in [-0.3, -0.25) is 4.79 Å². The number of nitrogens with zero attached hydrogens (tertiary/aromatic N) is 1. The molecule has 1 aliphatic rings. The Balaban J connectivity index is 2.21. The molecule has 0 saturated carbocycles. The second kappa shape index (κ2) is 4.93. The van der Waals surface area contributed by atoms with E-state index in [4.69, 9.17) is 5.73 Å². The summed E-state index contributed by atoms with van der Waals surface area (Å²) < 4.78 is 13.9. The molecule has 4 heteroatoms. The van der Waals surface area contributed by atoms with Crippen molar-refractivity contribution < 1.29 is 9.18 Å². The second-order valence-electron chi connectivity index (χ2n) is 6.09. The minimum absolute atomic E-state index is 0.0828. The van der Waals surface area contributed by atoms with E-state index in [1.165, 1.54) is 6.07 Å². The molecule has 0 bridgehead atoms. The zero-order valence-electron chi connectivity index (χ0n) is 11.7. The minimum atomic E-state index is -0.447. The Kier molecular flexibility index (Phi) is 3.63. The van der Waals surface area contributed by atoms with Crippen LogP contribution in [0.4, 0.5) is 4.39 Å². The van der Waals surface area contributed by atoms with Gasteiger partial charge in [0.25, 0.3) is 5.91 Å². The first-order chi connectivity index (χ1) is 8.81. The molecule has 1 aliphatic heterocycles. The van der Waals surface area contributed by atoms with Crippen LogP contribution in [0, 0.1) is 18.2 Å². The molecule has 0 radical (unpaired) electrons. The molecular formula is C15H21FN2O. The van der Waals surface area contributed by atoms with Crippen molar-refractivity contribution in [3.63, 3.8) is 0 Å². The fourth-order valence-corrected chi connectivity index (χ4v) is 2.51. The quantitative estimate of drug-likeness (QED) is 0.846. The molecule has 0 aromatic heterocycles. The average molecular weight is 264 g/mol. The average Bonchev–Trinajstić information content (AvgIpc) is 2.32. The molecule has 3 nitrogen and oxygen atoms in total. The van der Waals surface area contributed by atoms with Crippen molar-refractivity contribution in [2.75, 3.05) is 13.1 Å². The summed E-state index contributed by atoms with van der Waals surface area (Å²) in [5, 5.41) is 0. The molecule has 1 amide bonds. The molecule has 1 atom stereocenters. The zero-order valence-corrected chi connectivity index (χ0v) is 11.7. The van der Waals surface area contributed by atoms with Crippen molar-refractivity contribution in [3.05, 3.63) is 35.1 Å². The van der Waals surface area contributed by atoms with E-state index in [9.17, 15) is 9.18 Å². The lowest BCUT2D eigenvalue weighted by Crippen LogP contribution is -2.54. The van der Waals surface area contributed by atoms with Gasteiger partial charge in [-0.2, -0.15) is 0 Å². The maximum absolute atomic E-state index is 13.9. The van der Waals surface area contributed by atoms with Crippen LogP contribution in [0.5, 0.6) is 0 Å². The third-order valence-corrected chi connectivity index (χ3v) is 3.95. The van der Waals surface area contributed by atoms with E-state index >= 15 is 0 Å². The van der Waals surface area contributed by atoms with Crippen LogP contribution in [0.2, 0.25) is 0 Å². The topological polar surface area (TPSA) is 46.3 Å². The van der Waals surface area contributed by atoms with Gasteiger partial charge < -0.3 is 10.6 Å². The van der Waals surface area contributed by atoms with Crippen LogP contribution in [0.1, 0.15) is 36.2 Å². The Morgan fingerprint density at radius 3 is 2.74 bits per heavy atom. The summed E-state index contributed by atoms with van der Waals surface area (Å²) in [6.07, 6.45) is 0.756. The highest BCUT2D eigenvalue weighted by Gasteiger charge is 2.36. The Morgan fingerprint density at radius 1 is 1.47 bits per heavy atom. The Hall–Kier alpha value is -1.42. The Bertz CT molecular complexity index is 499. The molecule has 2 N–H and O–H groups in total. The zero-order chi connectivity index (χ0) is 14.2. The van der Waals surface area contributed by atoms with Crippen LogP contribution in [-0.2, 0) is 0 Å². The summed E-state index contributed by atoms with van der Waals surface area (Å²) in [4.78, 5) is 14.1. The predicted molar refractivity (Wildman–Crippen MR) is 73.4 cm³/mol. The van der Waals surface area contributed by atoms with Crippen LogP contribution in [0.25, 0.3) is 0 Å². The fourth-order valence-electron chi connectivity index (χ4n) is 2.51. The van der Waals surface area contributed by atoms with Crippen LogP contribution >= 0.6 is 0 Å². The molecule has 1 heterocycles. The van der Waals surface area contributed by atoms with E-state index in [-0.39, 0.29) is 22.9 Å². The van der Waals surface area contributed by atoms with Crippen molar-refractivity contribution in [1.29, 1.82) is 0 Å². The monoisotopic (exact) mass is 264 g/mol. The number of halogens is 1. The summed E-state index contributed by atoms with van der Waals surface area (Å²) in [6.45, 7) is 7.06. The third-order valence-electron chi connectivity index (χ3n) is 3.95. The third kappa shape index (κ3) is 2.78. The number of piperidine rings is 1. The predicted octanol–water partition coefficient (Wildman–Crippen LogP) is 2.33. The van der Waals surface area contributed by atoms with Crippen molar-refractivity contribution in [1.82, 2.24) is 4.90 Å². The number of hydrogen-bond acceptors (Lipinski definition) is 2. The number of rotatable bonds is 1. The van der Waals surface area contributed by atoms with Crippen molar-refractivity contribution >= 4 is 5.91 Å². The number of nitrogens with two attached hydrogens (primary N) is 1. The normalized spacial score (nSPS) is 22.4. The molecule has 1 saturated heterocycles. The van der Waals surface area contributed by atoms with E-state index < -0.39 is 5.82 Å². The number of benzene rings is 1. The first-order valence-electron chi connectivity index (χ1n) is 6.62. The summed E-state index contributed by atoms with van der Waals surface area (Å²) in [6, 6.07) is 4.80. The van der Waals surface area contributed by atoms with Crippen LogP contribution < -0.4 is 5.73 Å². The van der Waals surface area contributed by atoms with Gasteiger partial charge in [0, 0.05) is 19.1 Å². The number of carbonyl (C=O) groups excluding carboxylic acids is 1. The Morgan fingerprint density at radius 2 is 2.16 bits per heavy atom. The van der Waals surface area contributed by atoms with Crippen LogP contribution in [0.15, 0.2) is 18.2 Å². The van der Waals surface area contributed by atoms with Gasteiger partial charge in [-0.25, -0.2) is 4.39 Å². The molecule has 0 aliphatic carbocycles. The molecule has 104 valence electrons. The van der Waals surface area contributed by atoms with Crippen molar-refractivity contribution in [2.24, 2.45) is 11.1 Å². The molecule has 1 aromatic carbocycles. The smallest absolute Gasteiger partial charge is 0.256 e. The molecule has 0 spiro atoms. The highest BCUT2D eigenvalue weighted by molar-refractivity contribution is 5.94. The number of aryl methyl sites for hydroxylation is 1. The largest absolute Gasteiger partial charge is 0.338 e. The molecule has 19 heavy (non-hydrogen) atoms. The van der Waals surface area contributed by atoms with E-state index in [1.54, 1.807) is 24.0 Å². The summed E-state index contributed by atoms with van der Waals surface area (Å²) in [5.74, 6) is -0.685. The molecule has 2 rings (SSSR count).